The SMILES string of the molecule is CC#Cc1ccc(-c2ccc(C(=O)C3CCC(CNC(CCCCC)c4ccccc4)CC3)s2)s1. The van der Waals surface area contributed by atoms with E-state index in [4.69, 9.17) is 0 Å². The van der Waals surface area contributed by atoms with Crippen molar-refractivity contribution in [3.05, 3.63) is 69.9 Å². The number of rotatable bonds is 11. The number of carbonyl (C=O) groups excluding carboxylic acids is 1. The maximum Gasteiger partial charge on any atom is 0.175 e. The zero-order chi connectivity index (χ0) is 24.5. The van der Waals surface area contributed by atoms with Crippen LogP contribution >= 0.6 is 22.7 Å². The van der Waals surface area contributed by atoms with E-state index in [-0.39, 0.29) is 5.92 Å². The lowest BCUT2D eigenvalue weighted by atomic mass is 9.79. The van der Waals surface area contributed by atoms with Crippen molar-refractivity contribution in [2.24, 2.45) is 11.8 Å². The molecule has 1 aliphatic carbocycles. The number of hydrogen-bond acceptors (Lipinski definition) is 4. The number of carbonyl (C=O) groups is 1. The van der Waals surface area contributed by atoms with Crippen LogP contribution in [0.3, 0.4) is 0 Å². The molecule has 35 heavy (non-hydrogen) atoms. The van der Waals surface area contributed by atoms with E-state index in [2.05, 4.69) is 72.6 Å². The van der Waals surface area contributed by atoms with Gasteiger partial charge in [-0.15, -0.1) is 28.6 Å². The fourth-order valence-electron chi connectivity index (χ4n) is 5.07. The predicted octanol–water partition coefficient (Wildman–Crippen LogP) is 8.75. The summed E-state index contributed by atoms with van der Waals surface area (Å²) in [5.74, 6) is 7.27. The van der Waals surface area contributed by atoms with Gasteiger partial charge in [0.2, 0.25) is 0 Å². The maximum atomic E-state index is 13.2. The summed E-state index contributed by atoms with van der Waals surface area (Å²) in [5.41, 5.74) is 1.40. The van der Waals surface area contributed by atoms with Gasteiger partial charge in [-0.2, -0.15) is 0 Å². The number of nitrogens with one attached hydrogen (secondary N) is 1. The van der Waals surface area contributed by atoms with Gasteiger partial charge in [0.15, 0.2) is 5.78 Å². The highest BCUT2D eigenvalue weighted by molar-refractivity contribution is 7.23. The summed E-state index contributed by atoms with van der Waals surface area (Å²) in [5, 5.41) is 3.88. The fraction of sp³-hybridized carbons (Fsp3) is 0.452. The molecule has 1 atom stereocenters. The third kappa shape index (κ3) is 7.17. The third-order valence-corrected chi connectivity index (χ3v) is 9.41. The Bertz CT molecular complexity index is 1130. The van der Waals surface area contributed by atoms with E-state index in [1.165, 1.54) is 41.0 Å². The molecule has 0 spiro atoms. The molecule has 1 fully saturated rings. The molecule has 2 aromatic heterocycles. The largest absolute Gasteiger partial charge is 0.310 e. The quantitative estimate of drug-likeness (QED) is 0.161. The Morgan fingerprint density at radius 3 is 2.46 bits per heavy atom. The Balaban J connectivity index is 1.28. The van der Waals surface area contributed by atoms with Crippen LogP contribution in [0.25, 0.3) is 9.75 Å². The van der Waals surface area contributed by atoms with E-state index in [9.17, 15) is 4.79 Å². The van der Waals surface area contributed by atoms with E-state index in [0.29, 0.717) is 17.7 Å². The Morgan fingerprint density at radius 1 is 0.971 bits per heavy atom. The topological polar surface area (TPSA) is 29.1 Å². The molecule has 3 aromatic rings. The van der Waals surface area contributed by atoms with Crippen LogP contribution in [0.5, 0.6) is 0 Å². The minimum absolute atomic E-state index is 0.178. The molecule has 0 saturated heterocycles. The van der Waals surface area contributed by atoms with Crippen molar-refractivity contribution < 1.29 is 4.79 Å². The Morgan fingerprint density at radius 2 is 1.71 bits per heavy atom. The second kappa shape index (κ2) is 13.2. The molecular formula is C31H37NOS2. The van der Waals surface area contributed by atoms with E-state index in [0.717, 1.165) is 42.0 Å². The van der Waals surface area contributed by atoms with Crippen molar-refractivity contribution in [2.45, 2.75) is 71.3 Å². The van der Waals surface area contributed by atoms with Crippen molar-refractivity contribution >= 4 is 28.5 Å². The van der Waals surface area contributed by atoms with Gasteiger partial charge in [0, 0.05) is 21.7 Å². The average molecular weight is 504 g/mol. The zero-order valence-corrected chi connectivity index (χ0v) is 22.6. The highest BCUT2D eigenvalue weighted by atomic mass is 32.1. The molecule has 1 aromatic carbocycles. The lowest BCUT2D eigenvalue weighted by Crippen LogP contribution is -2.31. The molecule has 0 bridgehead atoms. The standard InChI is InChI=1S/C31H37NOS2/c1-3-5-7-13-27(24-11-8-6-9-12-24)32-22-23-14-16-25(17-15-23)31(33)30-21-20-29(35-30)28-19-18-26(34-28)10-4-2/h6,8-9,11-12,18-21,23,25,27,32H,3,5,7,13-17,22H2,1-2H3. The van der Waals surface area contributed by atoms with Crippen LogP contribution in [0.4, 0.5) is 0 Å². The van der Waals surface area contributed by atoms with E-state index in [1.54, 1.807) is 22.7 Å². The first-order chi connectivity index (χ1) is 17.2. The normalized spacial score (nSPS) is 18.6. The number of benzene rings is 1. The van der Waals surface area contributed by atoms with Gasteiger partial charge in [-0.05, 0) is 81.3 Å². The first-order valence-electron chi connectivity index (χ1n) is 13.1. The Kier molecular flexibility index (Phi) is 9.77. The van der Waals surface area contributed by atoms with Crippen molar-refractivity contribution in [2.75, 3.05) is 6.54 Å². The molecule has 1 unspecified atom stereocenters. The lowest BCUT2D eigenvalue weighted by molar-refractivity contribution is 0.0875. The highest BCUT2D eigenvalue weighted by Gasteiger charge is 2.28. The van der Waals surface area contributed by atoms with Gasteiger partial charge >= 0.3 is 0 Å². The summed E-state index contributed by atoms with van der Waals surface area (Å²) in [6, 6.07) is 19.7. The van der Waals surface area contributed by atoms with Gasteiger partial charge in [-0.1, -0.05) is 62.4 Å². The molecular weight excluding hydrogens is 466 g/mol. The molecule has 0 aliphatic heterocycles. The third-order valence-electron chi connectivity index (χ3n) is 7.11. The van der Waals surface area contributed by atoms with E-state index < -0.39 is 0 Å². The van der Waals surface area contributed by atoms with Gasteiger partial charge in [0.05, 0.1) is 9.75 Å². The second-order valence-corrected chi connectivity index (χ2v) is 11.8. The summed E-state index contributed by atoms with van der Waals surface area (Å²) in [6.07, 6.45) is 9.33. The molecule has 1 aliphatic rings. The van der Waals surface area contributed by atoms with Crippen LogP contribution in [0.2, 0.25) is 0 Å². The first-order valence-corrected chi connectivity index (χ1v) is 14.8. The van der Waals surface area contributed by atoms with Crippen molar-refractivity contribution in [3.63, 3.8) is 0 Å². The van der Waals surface area contributed by atoms with Gasteiger partial charge in [0.25, 0.3) is 0 Å². The molecule has 0 amide bonds. The first kappa shape index (κ1) is 25.9. The van der Waals surface area contributed by atoms with E-state index >= 15 is 0 Å². The fourth-order valence-corrected chi connectivity index (χ4v) is 7.10. The predicted molar refractivity (Wildman–Crippen MR) is 151 cm³/mol. The molecule has 1 saturated carbocycles. The highest BCUT2D eigenvalue weighted by Crippen LogP contribution is 2.37. The number of ketones is 1. The lowest BCUT2D eigenvalue weighted by Gasteiger charge is -2.29. The van der Waals surface area contributed by atoms with Crippen molar-refractivity contribution in [3.8, 4) is 21.6 Å². The average Bonchev–Trinajstić information content (AvgIpc) is 3.57. The molecule has 2 nitrogen and oxygen atoms in total. The zero-order valence-electron chi connectivity index (χ0n) is 21.0. The van der Waals surface area contributed by atoms with Crippen LogP contribution in [0.1, 0.15) is 91.4 Å². The molecule has 4 heteroatoms. The summed E-state index contributed by atoms with van der Waals surface area (Å²) >= 11 is 3.34. The number of unbranched alkanes of at least 4 members (excludes halogenated alkanes) is 2. The van der Waals surface area contributed by atoms with Crippen LogP contribution in [-0.2, 0) is 0 Å². The summed E-state index contributed by atoms with van der Waals surface area (Å²) < 4.78 is 0. The minimum Gasteiger partial charge on any atom is -0.310 e. The minimum atomic E-state index is 0.178. The van der Waals surface area contributed by atoms with Gasteiger partial charge in [0.1, 0.15) is 0 Å². The number of Topliss-reactive ketones (excluding diaryl/α,β-unsaturated/α-hetero) is 1. The molecule has 1 N–H and O–H groups in total. The molecule has 2 heterocycles. The summed E-state index contributed by atoms with van der Waals surface area (Å²) in [7, 11) is 0. The smallest absolute Gasteiger partial charge is 0.175 e. The molecule has 4 rings (SSSR count). The molecule has 184 valence electrons. The second-order valence-electron chi connectivity index (χ2n) is 9.65. The Labute approximate surface area is 219 Å². The monoisotopic (exact) mass is 503 g/mol. The van der Waals surface area contributed by atoms with Crippen LogP contribution < -0.4 is 5.32 Å². The van der Waals surface area contributed by atoms with Crippen molar-refractivity contribution in [1.29, 1.82) is 0 Å². The van der Waals surface area contributed by atoms with Gasteiger partial charge < -0.3 is 5.32 Å². The summed E-state index contributed by atoms with van der Waals surface area (Å²) in [4.78, 5) is 17.6. The van der Waals surface area contributed by atoms with Gasteiger partial charge in [-0.3, -0.25) is 4.79 Å². The Hall–Kier alpha value is -2.19. The number of hydrogen-bond donors (Lipinski definition) is 1. The van der Waals surface area contributed by atoms with Crippen molar-refractivity contribution in [1.82, 2.24) is 5.32 Å². The van der Waals surface area contributed by atoms with Crippen LogP contribution in [-0.4, -0.2) is 12.3 Å². The van der Waals surface area contributed by atoms with Crippen LogP contribution in [0.15, 0.2) is 54.6 Å². The maximum absolute atomic E-state index is 13.2. The number of thiophene rings is 2. The van der Waals surface area contributed by atoms with Crippen LogP contribution in [0, 0.1) is 23.7 Å². The summed E-state index contributed by atoms with van der Waals surface area (Å²) in [6.45, 7) is 5.18. The molecule has 0 radical (unpaired) electrons. The van der Waals surface area contributed by atoms with Gasteiger partial charge in [-0.25, -0.2) is 0 Å². The van der Waals surface area contributed by atoms with E-state index in [1.807, 2.05) is 13.0 Å².